The molecule has 4 heteroatoms. The third kappa shape index (κ3) is 4.18. The van der Waals surface area contributed by atoms with Crippen LogP contribution in [0.5, 0.6) is 0 Å². The second kappa shape index (κ2) is 6.80. The van der Waals surface area contributed by atoms with Gasteiger partial charge in [-0.3, -0.25) is 4.79 Å². The van der Waals surface area contributed by atoms with Crippen molar-refractivity contribution < 1.29 is 9.90 Å². The van der Waals surface area contributed by atoms with Gasteiger partial charge in [-0.05, 0) is 19.4 Å². The van der Waals surface area contributed by atoms with Crippen molar-refractivity contribution in [3.63, 3.8) is 0 Å². The van der Waals surface area contributed by atoms with E-state index >= 15 is 0 Å². The molecule has 0 aromatic heterocycles. The molecule has 0 spiro atoms. The van der Waals surface area contributed by atoms with Crippen LogP contribution in [0.4, 0.5) is 0 Å². The first kappa shape index (κ1) is 12.5. The standard InChI is InChI=1S/C11H22N2O2/c1-2-12-7-6-11(15)13-10-5-3-4-9(10)8-14/h9-10,12,14H,2-8H2,1H3,(H,13,15). The molecule has 2 unspecified atom stereocenters. The topological polar surface area (TPSA) is 61.4 Å². The first-order chi connectivity index (χ1) is 7.27. The number of carbonyl (C=O) groups is 1. The maximum Gasteiger partial charge on any atom is 0.221 e. The van der Waals surface area contributed by atoms with Gasteiger partial charge < -0.3 is 15.7 Å². The summed E-state index contributed by atoms with van der Waals surface area (Å²) in [6, 6.07) is 0.198. The van der Waals surface area contributed by atoms with Gasteiger partial charge in [0.15, 0.2) is 0 Å². The van der Waals surface area contributed by atoms with Crippen LogP contribution in [0.25, 0.3) is 0 Å². The summed E-state index contributed by atoms with van der Waals surface area (Å²) in [4.78, 5) is 11.5. The number of aliphatic hydroxyl groups excluding tert-OH is 1. The second-order valence-corrected chi connectivity index (χ2v) is 4.15. The van der Waals surface area contributed by atoms with Crippen molar-refractivity contribution in [2.24, 2.45) is 5.92 Å². The molecule has 1 aliphatic rings. The highest BCUT2D eigenvalue weighted by molar-refractivity contribution is 5.76. The van der Waals surface area contributed by atoms with Crippen LogP contribution in [0.2, 0.25) is 0 Å². The van der Waals surface area contributed by atoms with Gasteiger partial charge in [-0.25, -0.2) is 0 Å². The van der Waals surface area contributed by atoms with Gasteiger partial charge in [-0.15, -0.1) is 0 Å². The number of carbonyl (C=O) groups excluding carboxylic acids is 1. The van der Waals surface area contributed by atoms with Gasteiger partial charge >= 0.3 is 0 Å². The van der Waals surface area contributed by atoms with Crippen LogP contribution in [-0.4, -0.2) is 36.8 Å². The van der Waals surface area contributed by atoms with Gasteiger partial charge in [0.05, 0.1) is 0 Å². The zero-order valence-corrected chi connectivity index (χ0v) is 9.46. The number of hydrogen-bond donors (Lipinski definition) is 3. The monoisotopic (exact) mass is 214 g/mol. The quantitative estimate of drug-likeness (QED) is 0.556. The van der Waals surface area contributed by atoms with Gasteiger partial charge in [-0.1, -0.05) is 13.3 Å². The van der Waals surface area contributed by atoms with E-state index in [2.05, 4.69) is 10.6 Å². The molecule has 0 aromatic rings. The van der Waals surface area contributed by atoms with Crippen molar-refractivity contribution in [1.82, 2.24) is 10.6 Å². The zero-order chi connectivity index (χ0) is 11.1. The number of amides is 1. The molecule has 15 heavy (non-hydrogen) atoms. The minimum atomic E-state index is 0.0984. The van der Waals surface area contributed by atoms with E-state index in [0.717, 1.165) is 32.4 Å². The second-order valence-electron chi connectivity index (χ2n) is 4.15. The van der Waals surface area contributed by atoms with E-state index in [-0.39, 0.29) is 24.5 Å². The van der Waals surface area contributed by atoms with Gasteiger partial charge in [0.25, 0.3) is 0 Å². The lowest BCUT2D eigenvalue weighted by Crippen LogP contribution is -2.39. The summed E-state index contributed by atoms with van der Waals surface area (Å²) in [6.45, 7) is 3.85. The van der Waals surface area contributed by atoms with Crippen molar-refractivity contribution in [1.29, 1.82) is 0 Å². The molecule has 1 fully saturated rings. The Morgan fingerprint density at radius 2 is 2.27 bits per heavy atom. The molecule has 1 amide bonds. The van der Waals surface area contributed by atoms with Crippen molar-refractivity contribution in [2.75, 3.05) is 19.7 Å². The number of hydrogen-bond acceptors (Lipinski definition) is 3. The summed E-state index contributed by atoms with van der Waals surface area (Å²) in [5.41, 5.74) is 0. The Labute approximate surface area is 91.4 Å². The van der Waals surface area contributed by atoms with E-state index in [4.69, 9.17) is 5.11 Å². The van der Waals surface area contributed by atoms with E-state index in [9.17, 15) is 4.79 Å². The lowest BCUT2D eigenvalue weighted by Gasteiger charge is -2.18. The van der Waals surface area contributed by atoms with Crippen LogP contribution in [0.3, 0.4) is 0 Å². The highest BCUT2D eigenvalue weighted by Crippen LogP contribution is 2.24. The Bertz CT molecular complexity index is 197. The van der Waals surface area contributed by atoms with Crippen molar-refractivity contribution >= 4 is 5.91 Å². The zero-order valence-electron chi connectivity index (χ0n) is 9.46. The molecule has 0 bridgehead atoms. The predicted octanol–water partition coefficient (Wildman–Crippen LogP) is 0.263. The smallest absolute Gasteiger partial charge is 0.221 e. The third-order valence-corrected chi connectivity index (χ3v) is 3.02. The van der Waals surface area contributed by atoms with E-state index in [1.54, 1.807) is 0 Å². The normalized spacial score (nSPS) is 25.5. The van der Waals surface area contributed by atoms with Crippen LogP contribution in [0.1, 0.15) is 32.6 Å². The lowest BCUT2D eigenvalue weighted by atomic mass is 10.1. The highest BCUT2D eigenvalue weighted by atomic mass is 16.3. The summed E-state index contributed by atoms with van der Waals surface area (Å²) >= 11 is 0. The Morgan fingerprint density at radius 1 is 1.47 bits per heavy atom. The van der Waals surface area contributed by atoms with E-state index in [1.165, 1.54) is 0 Å². The molecule has 1 saturated carbocycles. The highest BCUT2D eigenvalue weighted by Gasteiger charge is 2.27. The van der Waals surface area contributed by atoms with Gasteiger partial charge in [0.2, 0.25) is 5.91 Å². The minimum absolute atomic E-state index is 0.0984. The number of nitrogens with one attached hydrogen (secondary N) is 2. The minimum Gasteiger partial charge on any atom is -0.396 e. The molecule has 3 N–H and O–H groups in total. The van der Waals surface area contributed by atoms with Gasteiger partial charge in [0, 0.05) is 31.5 Å². The number of aliphatic hydroxyl groups is 1. The maximum atomic E-state index is 11.5. The molecule has 0 saturated heterocycles. The summed E-state index contributed by atoms with van der Waals surface area (Å²) < 4.78 is 0. The summed E-state index contributed by atoms with van der Waals surface area (Å²) in [7, 11) is 0. The molecule has 0 radical (unpaired) electrons. The Hall–Kier alpha value is -0.610. The molecule has 1 aliphatic carbocycles. The van der Waals surface area contributed by atoms with E-state index < -0.39 is 0 Å². The molecular weight excluding hydrogens is 192 g/mol. The Balaban J connectivity index is 2.19. The largest absolute Gasteiger partial charge is 0.396 e. The summed E-state index contributed by atoms with van der Waals surface area (Å²) in [5.74, 6) is 0.370. The molecule has 0 aliphatic heterocycles. The number of rotatable bonds is 6. The first-order valence-electron chi connectivity index (χ1n) is 5.88. The average molecular weight is 214 g/mol. The van der Waals surface area contributed by atoms with Crippen molar-refractivity contribution in [3.05, 3.63) is 0 Å². The summed E-state index contributed by atoms with van der Waals surface area (Å²) in [5, 5.41) is 15.2. The molecule has 0 heterocycles. The molecule has 1 rings (SSSR count). The molecular formula is C11H22N2O2. The van der Waals surface area contributed by atoms with Crippen molar-refractivity contribution in [2.45, 2.75) is 38.6 Å². The summed E-state index contributed by atoms with van der Waals surface area (Å²) in [6.07, 6.45) is 3.69. The van der Waals surface area contributed by atoms with Gasteiger partial charge in [-0.2, -0.15) is 0 Å². The van der Waals surface area contributed by atoms with Crippen LogP contribution in [-0.2, 0) is 4.79 Å². The predicted molar refractivity (Wildman–Crippen MR) is 59.5 cm³/mol. The van der Waals surface area contributed by atoms with Crippen molar-refractivity contribution in [3.8, 4) is 0 Å². The van der Waals surface area contributed by atoms with Crippen LogP contribution in [0.15, 0.2) is 0 Å². The molecule has 88 valence electrons. The fourth-order valence-electron chi connectivity index (χ4n) is 2.10. The van der Waals surface area contributed by atoms with Crippen LogP contribution in [0, 0.1) is 5.92 Å². The SMILES string of the molecule is CCNCCC(=O)NC1CCCC1CO. The first-order valence-corrected chi connectivity index (χ1v) is 5.88. The fourth-order valence-corrected chi connectivity index (χ4v) is 2.10. The average Bonchev–Trinajstić information content (AvgIpc) is 2.65. The molecule has 0 aromatic carbocycles. The van der Waals surface area contributed by atoms with E-state index in [0.29, 0.717) is 6.42 Å². The lowest BCUT2D eigenvalue weighted by molar-refractivity contribution is -0.122. The molecule has 4 nitrogen and oxygen atoms in total. The molecule has 2 atom stereocenters. The van der Waals surface area contributed by atoms with E-state index in [1.807, 2.05) is 6.92 Å². The van der Waals surface area contributed by atoms with Crippen LogP contribution >= 0.6 is 0 Å². The Kier molecular flexibility index (Phi) is 5.65. The van der Waals surface area contributed by atoms with Crippen LogP contribution < -0.4 is 10.6 Å². The maximum absolute atomic E-state index is 11.5. The fraction of sp³-hybridized carbons (Fsp3) is 0.909. The van der Waals surface area contributed by atoms with Gasteiger partial charge in [0.1, 0.15) is 0 Å². The Morgan fingerprint density at radius 3 is 2.93 bits per heavy atom. The third-order valence-electron chi connectivity index (χ3n) is 3.02.